The molecule has 0 radical (unpaired) electrons. The van der Waals surface area contributed by atoms with Gasteiger partial charge in [-0.3, -0.25) is 14.4 Å². The molecule has 0 aromatic carbocycles. The van der Waals surface area contributed by atoms with Gasteiger partial charge < -0.3 is 14.2 Å². The normalized spacial score (nSPS) is 13.1. The smallest absolute Gasteiger partial charge is 0.306 e. The van der Waals surface area contributed by atoms with Crippen LogP contribution in [0.1, 0.15) is 284 Å². The van der Waals surface area contributed by atoms with E-state index in [1.807, 2.05) is 0 Å². The number of rotatable bonds is 58. The Labute approximate surface area is 493 Å². The van der Waals surface area contributed by atoms with Gasteiger partial charge in [-0.2, -0.15) is 0 Å². The number of hydrogen-bond donors (Lipinski definition) is 0. The summed E-state index contributed by atoms with van der Waals surface area (Å²) in [4.78, 5) is 38.3. The van der Waals surface area contributed by atoms with Gasteiger partial charge in [0.15, 0.2) is 6.10 Å². The molecule has 6 heteroatoms. The highest BCUT2D eigenvalue weighted by Gasteiger charge is 2.19. The average Bonchev–Trinajstić information content (AvgIpc) is 3.46. The summed E-state index contributed by atoms with van der Waals surface area (Å²) in [7, 11) is 0. The monoisotopic (exact) mass is 1100 g/mol. The Balaban J connectivity index is 4.41. The molecule has 6 nitrogen and oxygen atoms in total. The van der Waals surface area contributed by atoms with Crippen molar-refractivity contribution in [2.24, 2.45) is 0 Å². The molecule has 1 atom stereocenters. The van der Waals surface area contributed by atoms with Crippen molar-refractivity contribution in [3.05, 3.63) is 146 Å². The Morgan fingerprint density at radius 2 is 0.487 bits per heavy atom. The van der Waals surface area contributed by atoms with Crippen LogP contribution in [-0.4, -0.2) is 37.2 Å². The van der Waals surface area contributed by atoms with Crippen LogP contribution in [0.4, 0.5) is 0 Å². The van der Waals surface area contributed by atoms with E-state index in [4.69, 9.17) is 14.2 Å². The topological polar surface area (TPSA) is 78.9 Å². The van der Waals surface area contributed by atoms with Crippen molar-refractivity contribution in [1.82, 2.24) is 0 Å². The number of carbonyl (C=O) groups excluding carboxylic acids is 3. The van der Waals surface area contributed by atoms with Gasteiger partial charge in [0.1, 0.15) is 13.2 Å². The minimum Gasteiger partial charge on any atom is -0.462 e. The molecule has 0 aliphatic carbocycles. The molecule has 0 spiro atoms. The molecule has 80 heavy (non-hydrogen) atoms. The molecule has 452 valence electrons. The summed E-state index contributed by atoms with van der Waals surface area (Å²) in [6.45, 7) is 6.39. The number of ether oxygens (including phenoxy) is 3. The molecule has 0 rings (SSSR count). The molecular formula is C74H120O6. The molecule has 0 bridgehead atoms. The van der Waals surface area contributed by atoms with Crippen LogP contribution in [0, 0.1) is 0 Å². The maximum absolute atomic E-state index is 12.9. The van der Waals surface area contributed by atoms with E-state index in [1.54, 1.807) is 0 Å². The molecule has 1 unspecified atom stereocenters. The van der Waals surface area contributed by atoms with E-state index in [-0.39, 0.29) is 31.1 Å². The quantitative estimate of drug-likeness (QED) is 0.0261. The fraction of sp³-hybridized carbons (Fsp3) is 0.635. The summed E-state index contributed by atoms with van der Waals surface area (Å²) in [5.41, 5.74) is 0. The zero-order valence-corrected chi connectivity index (χ0v) is 51.8. The Kier molecular flexibility index (Phi) is 62.9. The van der Waals surface area contributed by atoms with Crippen LogP contribution in [0.25, 0.3) is 0 Å². The first kappa shape index (κ1) is 75.3. The van der Waals surface area contributed by atoms with Crippen LogP contribution in [0.3, 0.4) is 0 Å². The van der Waals surface area contributed by atoms with Crippen molar-refractivity contribution >= 4 is 17.9 Å². The minimum atomic E-state index is -0.799. The van der Waals surface area contributed by atoms with Gasteiger partial charge in [-0.15, -0.1) is 0 Å². The lowest BCUT2D eigenvalue weighted by molar-refractivity contribution is -0.167. The predicted molar refractivity (Wildman–Crippen MR) is 348 cm³/mol. The third-order valence-electron chi connectivity index (χ3n) is 13.6. The SMILES string of the molecule is CC/C=C\C/C=C\C/C=C\C/C=C\C/C=C\C/C=C\CCCCCCCCC(=O)OCC(COC(=O)CCCCCCCCCCCCCC)OC(=O)CCCCCCCC/C=C\C/C=C\C/C=C\C/C=C\C/C=C\C/C=C\CC. The molecule has 0 saturated heterocycles. The van der Waals surface area contributed by atoms with Crippen LogP contribution < -0.4 is 0 Å². The van der Waals surface area contributed by atoms with Crippen molar-refractivity contribution in [3.8, 4) is 0 Å². The second kappa shape index (κ2) is 66.8. The van der Waals surface area contributed by atoms with E-state index in [1.165, 1.54) is 83.5 Å². The summed E-state index contributed by atoms with van der Waals surface area (Å²) < 4.78 is 16.9. The molecular weight excluding hydrogens is 985 g/mol. The summed E-state index contributed by atoms with van der Waals surface area (Å²) >= 11 is 0. The number of hydrogen-bond acceptors (Lipinski definition) is 6. The second-order valence-corrected chi connectivity index (χ2v) is 21.3. The molecule has 0 aromatic rings. The van der Waals surface area contributed by atoms with Crippen molar-refractivity contribution < 1.29 is 28.6 Å². The first-order chi connectivity index (χ1) is 39.5. The fourth-order valence-electron chi connectivity index (χ4n) is 8.74. The van der Waals surface area contributed by atoms with Gasteiger partial charge in [-0.05, 0) is 122 Å². The summed E-state index contributed by atoms with van der Waals surface area (Å²) in [6.07, 6.45) is 95.6. The number of esters is 3. The molecule has 0 amide bonds. The molecule has 0 aliphatic rings. The second-order valence-electron chi connectivity index (χ2n) is 21.3. The zero-order valence-electron chi connectivity index (χ0n) is 51.8. The van der Waals surface area contributed by atoms with Gasteiger partial charge in [0, 0.05) is 19.3 Å². The predicted octanol–water partition coefficient (Wildman–Crippen LogP) is 22.7. The van der Waals surface area contributed by atoms with Crippen LogP contribution in [-0.2, 0) is 28.6 Å². The van der Waals surface area contributed by atoms with E-state index < -0.39 is 6.10 Å². The van der Waals surface area contributed by atoms with Gasteiger partial charge in [-0.25, -0.2) is 0 Å². The third kappa shape index (κ3) is 64.1. The lowest BCUT2D eigenvalue weighted by atomic mass is 10.0. The first-order valence-corrected chi connectivity index (χ1v) is 32.8. The van der Waals surface area contributed by atoms with Gasteiger partial charge >= 0.3 is 17.9 Å². The largest absolute Gasteiger partial charge is 0.462 e. The standard InChI is InChI=1S/C74H120O6/c1-4-7-10-13-16-19-22-25-27-29-31-33-35-37-39-41-43-45-47-49-52-55-58-61-64-67-73(76)79-70-71(69-78-72(75)66-63-60-57-54-51-24-21-18-15-12-9-6-3)80-74(77)68-65-62-59-56-53-50-48-46-44-42-40-38-36-34-32-30-28-26-23-20-17-14-11-8-5-2/h7-8,10-11,16-17,19-20,25-28,31-34,37-40,43-46,71H,4-6,9,12-15,18,21-24,29-30,35-36,41-42,47-70H2,1-3H3/b10-7-,11-8-,19-16-,20-17-,27-25-,28-26-,33-31-,34-32-,39-37-,40-38-,45-43-,46-44-. The minimum absolute atomic E-state index is 0.0918. The van der Waals surface area contributed by atoms with Gasteiger partial charge in [0.2, 0.25) is 0 Å². The van der Waals surface area contributed by atoms with Crippen LogP contribution >= 0.6 is 0 Å². The van der Waals surface area contributed by atoms with Gasteiger partial charge in [0.05, 0.1) is 0 Å². The third-order valence-corrected chi connectivity index (χ3v) is 13.6. The van der Waals surface area contributed by atoms with E-state index >= 15 is 0 Å². The Morgan fingerprint density at radius 1 is 0.263 bits per heavy atom. The zero-order chi connectivity index (χ0) is 57.8. The van der Waals surface area contributed by atoms with Crippen LogP contribution in [0.2, 0.25) is 0 Å². The van der Waals surface area contributed by atoms with E-state index in [0.717, 1.165) is 161 Å². The van der Waals surface area contributed by atoms with E-state index in [2.05, 4.69) is 167 Å². The summed E-state index contributed by atoms with van der Waals surface area (Å²) in [6, 6.07) is 0. The van der Waals surface area contributed by atoms with Gasteiger partial charge in [0.25, 0.3) is 0 Å². The molecule has 0 heterocycles. The van der Waals surface area contributed by atoms with Crippen molar-refractivity contribution in [1.29, 1.82) is 0 Å². The molecule has 0 aromatic heterocycles. The Hall–Kier alpha value is -4.71. The van der Waals surface area contributed by atoms with E-state index in [9.17, 15) is 14.4 Å². The summed E-state index contributed by atoms with van der Waals surface area (Å²) in [5, 5.41) is 0. The number of carbonyl (C=O) groups is 3. The lowest BCUT2D eigenvalue weighted by Crippen LogP contribution is -2.30. The van der Waals surface area contributed by atoms with E-state index in [0.29, 0.717) is 19.3 Å². The maximum atomic E-state index is 12.9. The highest BCUT2D eigenvalue weighted by Crippen LogP contribution is 2.15. The van der Waals surface area contributed by atoms with Crippen LogP contribution in [0.5, 0.6) is 0 Å². The first-order valence-electron chi connectivity index (χ1n) is 32.8. The number of allylic oxidation sites excluding steroid dienone is 24. The number of unbranched alkanes of at least 4 members (excludes halogenated alkanes) is 23. The highest BCUT2D eigenvalue weighted by atomic mass is 16.6. The van der Waals surface area contributed by atoms with Crippen molar-refractivity contribution in [3.63, 3.8) is 0 Å². The molecule has 0 saturated carbocycles. The maximum Gasteiger partial charge on any atom is 0.306 e. The fourth-order valence-corrected chi connectivity index (χ4v) is 8.74. The summed E-state index contributed by atoms with van der Waals surface area (Å²) in [5.74, 6) is -0.920. The Bertz CT molecular complexity index is 1750. The molecule has 0 N–H and O–H groups in total. The average molecular weight is 1110 g/mol. The van der Waals surface area contributed by atoms with Crippen molar-refractivity contribution in [2.45, 2.75) is 290 Å². The molecule has 0 fully saturated rings. The van der Waals surface area contributed by atoms with Crippen LogP contribution in [0.15, 0.2) is 146 Å². The van der Waals surface area contributed by atoms with Gasteiger partial charge in [-0.1, -0.05) is 289 Å². The lowest BCUT2D eigenvalue weighted by Gasteiger charge is -2.18. The highest BCUT2D eigenvalue weighted by molar-refractivity contribution is 5.71. The Morgan fingerprint density at radius 3 is 0.762 bits per heavy atom. The van der Waals surface area contributed by atoms with Crippen molar-refractivity contribution in [2.75, 3.05) is 13.2 Å². The molecule has 0 aliphatic heterocycles.